The molecule has 0 aliphatic heterocycles. The van der Waals surface area contributed by atoms with Gasteiger partial charge in [-0.2, -0.15) is 10.5 Å². The maximum absolute atomic E-state index is 9.00. The summed E-state index contributed by atoms with van der Waals surface area (Å²) in [6, 6.07) is 18.8. The van der Waals surface area contributed by atoms with Crippen molar-refractivity contribution >= 4 is 6.08 Å². The van der Waals surface area contributed by atoms with E-state index in [1.165, 1.54) is 6.08 Å². The Labute approximate surface area is 156 Å². The number of methoxy groups -OCH3 is 2. The monoisotopic (exact) mass is 356 g/mol. The number of ether oxygens (including phenoxy) is 2. The zero-order valence-electron chi connectivity index (χ0n) is 14.9. The van der Waals surface area contributed by atoms with E-state index in [0.717, 1.165) is 28.3 Å². The Morgan fingerprint density at radius 1 is 0.889 bits per heavy atom. The summed E-state index contributed by atoms with van der Waals surface area (Å²) in [5.74, 6) is 1.93. The summed E-state index contributed by atoms with van der Waals surface area (Å²) < 4.78 is 10.4. The van der Waals surface area contributed by atoms with Gasteiger partial charge in [0, 0.05) is 17.2 Å². The van der Waals surface area contributed by atoms with Crippen LogP contribution < -0.4 is 9.47 Å². The van der Waals surface area contributed by atoms with E-state index in [1.54, 1.807) is 14.2 Å². The third-order valence-corrected chi connectivity index (χ3v) is 3.99. The number of nitriles is 2. The molecule has 6 nitrogen and oxygen atoms in total. The number of nitrogens with zero attached hydrogens (tertiary/aromatic N) is 3. The number of hydrogen-bond donors (Lipinski definition) is 1. The van der Waals surface area contributed by atoms with Gasteiger partial charge in [-0.25, -0.2) is 4.98 Å². The maximum atomic E-state index is 9.00. The summed E-state index contributed by atoms with van der Waals surface area (Å²) in [4.78, 5) is 7.78. The number of imidazole rings is 1. The minimum atomic E-state index is -0.0219. The smallest absolute Gasteiger partial charge is 0.133 e. The predicted octanol–water partition coefficient (Wildman–Crippen LogP) is 4.19. The fraction of sp³-hybridized carbons (Fsp3) is 0.0952. The van der Waals surface area contributed by atoms with Gasteiger partial charge in [0.25, 0.3) is 0 Å². The summed E-state index contributed by atoms with van der Waals surface area (Å²) in [7, 11) is 3.22. The highest BCUT2D eigenvalue weighted by Gasteiger charge is 2.14. The normalized spacial score (nSPS) is 9.78. The molecular formula is C21H16N4O2. The molecule has 132 valence electrons. The summed E-state index contributed by atoms with van der Waals surface area (Å²) in [5.41, 5.74) is 3.26. The molecule has 0 unspecified atom stereocenters. The molecule has 27 heavy (non-hydrogen) atoms. The third kappa shape index (κ3) is 3.81. The lowest BCUT2D eigenvalue weighted by atomic mass is 10.0. The lowest BCUT2D eigenvalue weighted by Gasteiger charge is -2.06. The standard InChI is InChI=1S/C21H16N4O2/c1-26-17-7-3-15(4-8-17)20-21(16-5-9-18(27-2)10-6-16)25-19(24-20)11-14(12-22)13-23/h3-11H,1-2H3,(H,24,25). The Morgan fingerprint density at radius 2 is 1.41 bits per heavy atom. The zero-order chi connectivity index (χ0) is 19.2. The van der Waals surface area contributed by atoms with Crippen LogP contribution in [-0.4, -0.2) is 24.2 Å². The number of H-pyrrole nitrogens is 1. The van der Waals surface area contributed by atoms with Gasteiger partial charge in [0.15, 0.2) is 0 Å². The van der Waals surface area contributed by atoms with Crippen LogP contribution in [0.5, 0.6) is 11.5 Å². The fourth-order valence-corrected chi connectivity index (χ4v) is 2.61. The van der Waals surface area contributed by atoms with Crippen LogP contribution in [0, 0.1) is 22.7 Å². The maximum Gasteiger partial charge on any atom is 0.133 e. The second-order valence-electron chi connectivity index (χ2n) is 5.58. The van der Waals surface area contributed by atoms with Crippen LogP contribution >= 0.6 is 0 Å². The average Bonchev–Trinajstić information content (AvgIpc) is 3.16. The lowest BCUT2D eigenvalue weighted by molar-refractivity contribution is 0.414. The molecule has 2 aromatic carbocycles. The van der Waals surface area contributed by atoms with Gasteiger partial charge in [0.05, 0.1) is 25.6 Å². The number of rotatable bonds is 5. The first-order valence-electron chi connectivity index (χ1n) is 8.09. The average molecular weight is 356 g/mol. The molecule has 0 spiro atoms. The number of hydrogen-bond acceptors (Lipinski definition) is 5. The van der Waals surface area contributed by atoms with Crippen molar-refractivity contribution in [2.45, 2.75) is 0 Å². The molecule has 0 saturated carbocycles. The van der Waals surface area contributed by atoms with E-state index in [1.807, 2.05) is 60.7 Å². The van der Waals surface area contributed by atoms with Crippen molar-refractivity contribution < 1.29 is 9.47 Å². The van der Waals surface area contributed by atoms with Crippen LogP contribution in [-0.2, 0) is 0 Å². The Kier molecular flexibility index (Phi) is 5.20. The lowest BCUT2D eigenvalue weighted by Crippen LogP contribution is -1.87. The van der Waals surface area contributed by atoms with E-state index in [4.69, 9.17) is 20.0 Å². The molecule has 3 rings (SSSR count). The first-order chi connectivity index (χ1) is 13.2. The first-order valence-corrected chi connectivity index (χ1v) is 8.09. The van der Waals surface area contributed by atoms with Crippen LogP contribution in [0.4, 0.5) is 0 Å². The molecular weight excluding hydrogens is 340 g/mol. The largest absolute Gasteiger partial charge is 0.497 e. The molecule has 1 N–H and O–H groups in total. The van der Waals surface area contributed by atoms with E-state index in [9.17, 15) is 0 Å². The molecule has 0 fully saturated rings. The van der Waals surface area contributed by atoms with Crippen LogP contribution in [0.15, 0.2) is 54.1 Å². The molecule has 6 heteroatoms. The van der Waals surface area contributed by atoms with Gasteiger partial charge < -0.3 is 14.5 Å². The topological polar surface area (TPSA) is 94.7 Å². The highest BCUT2D eigenvalue weighted by atomic mass is 16.5. The minimum absolute atomic E-state index is 0.0219. The number of aromatic nitrogens is 2. The van der Waals surface area contributed by atoms with Crippen molar-refractivity contribution in [3.8, 4) is 46.2 Å². The van der Waals surface area contributed by atoms with Gasteiger partial charge in [0.1, 0.15) is 35.0 Å². The van der Waals surface area contributed by atoms with E-state index in [-0.39, 0.29) is 5.57 Å². The van der Waals surface area contributed by atoms with E-state index >= 15 is 0 Å². The molecule has 0 amide bonds. The molecule has 1 aromatic heterocycles. The Morgan fingerprint density at radius 3 is 1.89 bits per heavy atom. The summed E-state index contributed by atoms with van der Waals surface area (Å²) in [6.45, 7) is 0. The van der Waals surface area contributed by atoms with Crippen molar-refractivity contribution in [1.82, 2.24) is 9.97 Å². The molecule has 0 atom stereocenters. The van der Waals surface area contributed by atoms with Gasteiger partial charge in [-0.1, -0.05) is 0 Å². The molecule has 0 saturated heterocycles. The summed E-state index contributed by atoms with van der Waals surface area (Å²) >= 11 is 0. The molecule has 0 aliphatic carbocycles. The van der Waals surface area contributed by atoms with Gasteiger partial charge in [-0.3, -0.25) is 0 Å². The van der Waals surface area contributed by atoms with Crippen LogP contribution in [0.2, 0.25) is 0 Å². The molecule has 0 aliphatic rings. The molecule has 0 radical (unpaired) electrons. The minimum Gasteiger partial charge on any atom is -0.497 e. The molecule has 0 bridgehead atoms. The molecule has 1 heterocycles. The van der Waals surface area contributed by atoms with Crippen molar-refractivity contribution in [3.63, 3.8) is 0 Å². The van der Waals surface area contributed by atoms with E-state index in [0.29, 0.717) is 11.5 Å². The SMILES string of the molecule is COc1ccc(-c2nc(C=C(C#N)C#N)[nH]c2-c2ccc(OC)cc2)cc1. The number of aromatic amines is 1. The highest BCUT2D eigenvalue weighted by molar-refractivity contribution is 5.80. The van der Waals surface area contributed by atoms with Gasteiger partial charge in [0.2, 0.25) is 0 Å². The van der Waals surface area contributed by atoms with Crippen molar-refractivity contribution in [2.24, 2.45) is 0 Å². The number of benzene rings is 2. The highest BCUT2D eigenvalue weighted by Crippen LogP contribution is 2.32. The predicted molar refractivity (Wildman–Crippen MR) is 102 cm³/mol. The summed E-state index contributed by atoms with van der Waals surface area (Å²) in [5, 5.41) is 18.0. The van der Waals surface area contributed by atoms with Gasteiger partial charge in [-0.15, -0.1) is 0 Å². The van der Waals surface area contributed by atoms with E-state index < -0.39 is 0 Å². The Hall–Kier alpha value is -4.03. The van der Waals surface area contributed by atoms with Crippen molar-refractivity contribution in [3.05, 3.63) is 59.9 Å². The van der Waals surface area contributed by atoms with E-state index in [2.05, 4.69) is 9.97 Å². The Bertz CT molecular complexity index is 969. The fourth-order valence-electron chi connectivity index (χ4n) is 2.61. The first kappa shape index (κ1) is 17.8. The quantitative estimate of drug-likeness (QED) is 0.692. The molecule has 3 aromatic rings. The second kappa shape index (κ2) is 7.90. The summed E-state index contributed by atoms with van der Waals surface area (Å²) in [6.07, 6.45) is 1.43. The van der Waals surface area contributed by atoms with Crippen LogP contribution in [0.1, 0.15) is 5.82 Å². The van der Waals surface area contributed by atoms with Crippen LogP contribution in [0.3, 0.4) is 0 Å². The van der Waals surface area contributed by atoms with Gasteiger partial charge in [-0.05, 0) is 48.5 Å². The zero-order valence-corrected chi connectivity index (χ0v) is 14.9. The number of allylic oxidation sites excluding steroid dienone is 1. The Balaban J connectivity index is 2.13. The van der Waals surface area contributed by atoms with Gasteiger partial charge >= 0.3 is 0 Å². The second-order valence-corrected chi connectivity index (χ2v) is 5.58. The number of nitrogens with one attached hydrogen (secondary N) is 1. The van der Waals surface area contributed by atoms with Crippen LogP contribution in [0.25, 0.3) is 28.6 Å². The van der Waals surface area contributed by atoms with Crippen molar-refractivity contribution in [2.75, 3.05) is 14.2 Å². The third-order valence-electron chi connectivity index (χ3n) is 3.99. The van der Waals surface area contributed by atoms with Crippen molar-refractivity contribution in [1.29, 1.82) is 10.5 Å².